The average molecular weight is 949 g/mol. The SMILES string of the molecule is O=C(Oc1ccc(/C=C/c2cc(OC(=O)c3cc(C(F)(F)F)cc(C(F)(F)F)c3)cc(OC(=O)c3cc(C(F)(F)F)cc(C(F)(F)F)c3)c2)cc1)c1cc(C(F)(F)F)cc(C(F)(F)F)c1. The largest absolute Gasteiger partial charge is 0.423 e. The number of carbonyl (C=O) groups is 3. The highest BCUT2D eigenvalue weighted by Gasteiger charge is 2.40. The summed E-state index contributed by atoms with van der Waals surface area (Å²) < 4.78 is 256. The van der Waals surface area contributed by atoms with Crippen molar-refractivity contribution >= 4 is 30.1 Å². The Hall–Kier alpha value is -7.01. The van der Waals surface area contributed by atoms with E-state index < -0.39 is 122 Å². The van der Waals surface area contributed by atoms with E-state index in [1.165, 1.54) is 0 Å². The first kappa shape index (κ1) is 49.0. The van der Waals surface area contributed by atoms with Gasteiger partial charge >= 0.3 is 55.0 Å². The summed E-state index contributed by atoms with van der Waals surface area (Å²) in [6, 6.07) is 5.88. The van der Waals surface area contributed by atoms with Gasteiger partial charge in [0.2, 0.25) is 0 Å². The number of rotatable bonds is 8. The maximum absolute atomic E-state index is 13.5. The van der Waals surface area contributed by atoms with E-state index in [0.717, 1.165) is 48.6 Å². The van der Waals surface area contributed by atoms with Crippen LogP contribution in [-0.4, -0.2) is 17.9 Å². The highest BCUT2D eigenvalue weighted by atomic mass is 19.4. The third-order valence-corrected chi connectivity index (χ3v) is 8.35. The predicted octanol–water partition coefficient (Wildman–Crippen LogP) is 13.6. The predicted molar refractivity (Wildman–Crippen MR) is 186 cm³/mol. The summed E-state index contributed by atoms with van der Waals surface area (Å²) in [5, 5.41) is 0. The van der Waals surface area contributed by atoms with Crippen molar-refractivity contribution in [3.63, 3.8) is 0 Å². The fourth-order valence-electron chi connectivity index (χ4n) is 5.36. The average Bonchev–Trinajstić information content (AvgIpc) is 3.18. The van der Waals surface area contributed by atoms with Crippen molar-refractivity contribution < 1.29 is 108 Å². The van der Waals surface area contributed by atoms with Gasteiger partial charge in [0.25, 0.3) is 0 Å². The molecule has 0 atom stereocenters. The molecule has 24 heteroatoms. The molecular weight excluding hydrogens is 930 g/mol. The molecule has 0 unspecified atom stereocenters. The van der Waals surface area contributed by atoms with Crippen LogP contribution in [0.2, 0.25) is 0 Å². The Kier molecular flexibility index (Phi) is 13.2. The van der Waals surface area contributed by atoms with Gasteiger partial charge < -0.3 is 14.2 Å². The van der Waals surface area contributed by atoms with Crippen LogP contribution in [0.3, 0.4) is 0 Å². The molecule has 5 aromatic carbocycles. The molecule has 344 valence electrons. The maximum atomic E-state index is 13.5. The van der Waals surface area contributed by atoms with Crippen LogP contribution in [0.4, 0.5) is 79.0 Å². The lowest BCUT2D eigenvalue weighted by molar-refractivity contribution is -0.144. The van der Waals surface area contributed by atoms with Gasteiger partial charge in [-0.2, -0.15) is 79.0 Å². The second-order valence-corrected chi connectivity index (χ2v) is 13.2. The lowest BCUT2D eigenvalue weighted by Crippen LogP contribution is -2.16. The highest BCUT2D eigenvalue weighted by molar-refractivity contribution is 5.93. The van der Waals surface area contributed by atoms with Gasteiger partial charge in [-0.3, -0.25) is 0 Å². The third kappa shape index (κ3) is 12.8. The third-order valence-electron chi connectivity index (χ3n) is 8.35. The number of hydrogen-bond donors (Lipinski definition) is 0. The number of alkyl halides is 18. The smallest absolute Gasteiger partial charge is 0.416 e. The molecule has 0 saturated heterocycles. The number of hydrogen-bond acceptors (Lipinski definition) is 6. The van der Waals surface area contributed by atoms with E-state index >= 15 is 0 Å². The van der Waals surface area contributed by atoms with E-state index in [0.29, 0.717) is 6.07 Å². The van der Waals surface area contributed by atoms with Crippen molar-refractivity contribution in [1.29, 1.82) is 0 Å². The molecule has 0 aliphatic rings. The van der Waals surface area contributed by atoms with Crippen molar-refractivity contribution in [1.82, 2.24) is 0 Å². The van der Waals surface area contributed by atoms with E-state index in [2.05, 4.69) is 0 Å². The number of esters is 3. The minimum Gasteiger partial charge on any atom is -0.423 e. The van der Waals surface area contributed by atoms with Gasteiger partial charge in [0.15, 0.2) is 0 Å². The molecular formula is C41H18F18O6. The Balaban J connectivity index is 1.48. The summed E-state index contributed by atoms with van der Waals surface area (Å²) in [4.78, 5) is 38.5. The molecule has 0 aromatic heterocycles. The molecule has 5 rings (SSSR count). The van der Waals surface area contributed by atoms with Crippen LogP contribution < -0.4 is 14.2 Å². The second kappa shape index (κ2) is 17.5. The van der Waals surface area contributed by atoms with Gasteiger partial charge in [-0.05, 0) is 90.0 Å². The molecule has 0 N–H and O–H groups in total. The van der Waals surface area contributed by atoms with E-state index in [1.807, 2.05) is 0 Å². The Morgan fingerprint density at radius 3 is 0.815 bits per heavy atom. The molecule has 65 heavy (non-hydrogen) atoms. The fraction of sp³-hybridized carbons (Fsp3) is 0.146. The lowest BCUT2D eigenvalue weighted by Gasteiger charge is -2.15. The van der Waals surface area contributed by atoms with Crippen LogP contribution in [0, 0.1) is 0 Å². The van der Waals surface area contributed by atoms with Crippen molar-refractivity contribution in [3.05, 3.63) is 158 Å². The first-order chi connectivity index (χ1) is 29.7. The Bertz CT molecular complexity index is 2450. The number of benzene rings is 5. The van der Waals surface area contributed by atoms with Crippen LogP contribution in [0.5, 0.6) is 17.2 Å². The van der Waals surface area contributed by atoms with Gasteiger partial charge in [-0.15, -0.1) is 0 Å². The van der Waals surface area contributed by atoms with Gasteiger partial charge in [0.05, 0.1) is 50.1 Å². The molecule has 0 amide bonds. The lowest BCUT2D eigenvalue weighted by atomic mass is 10.0. The van der Waals surface area contributed by atoms with Crippen molar-refractivity contribution in [2.24, 2.45) is 0 Å². The van der Waals surface area contributed by atoms with Crippen molar-refractivity contribution in [2.75, 3.05) is 0 Å². The topological polar surface area (TPSA) is 78.9 Å². The fourth-order valence-corrected chi connectivity index (χ4v) is 5.36. The van der Waals surface area contributed by atoms with E-state index in [-0.39, 0.29) is 65.7 Å². The van der Waals surface area contributed by atoms with Gasteiger partial charge in [0.1, 0.15) is 17.2 Å². The quantitative estimate of drug-likeness (QED) is 0.0667. The van der Waals surface area contributed by atoms with E-state index in [9.17, 15) is 93.4 Å². The molecule has 0 aliphatic heterocycles. The summed E-state index contributed by atoms with van der Waals surface area (Å²) in [5.41, 5.74) is -15.3. The van der Waals surface area contributed by atoms with Crippen LogP contribution in [0.15, 0.2) is 97.1 Å². The summed E-state index contributed by atoms with van der Waals surface area (Å²) in [7, 11) is 0. The molecule has 6 nitrogen and oxygen atoms in total. The van der Waals surface area contributed by atoms with Gasteiger partial charge in [0, 0.05) is 6.07 Å². The minimum absolute atomic E-state index is 0.00548. The zero-order chi connectivity index (χ0) is 48.7. The second-order valence-electron chi connectivity index (χ2n) is 13.2. The molecule has 0 fully saturated rings. The number of carbonyl (C=O) groups excluding carboxylic acids is 3. The molecule has 0 heterocycles. The summed E-state index contributed by atoms with van der Waals surface area (Å²) >= 11 is 0. The molecule has 0 spiro atoms. The molecule has 0 radical (unpaired) electrons. The first-order valence-corrected chi connectivity index (χ1v) is 17.1. The number of halogens is 18. The Morgan fingerprint density at radius 1 is 0.308 bits per heavy atom. The van der Waals surface area contributed by atoms with Crippen LogP contribution in [0.25, 0.3) is 12.2 Å². The standard InChI is InChI=1S/C41H18F18O6/c42-36(43,44)24-9-21(10-25(15-24)37(45,46)47)33(60)63-30-5-3-19(4-6-30)1-2-20-7-31(64-34(61)22-11-26(38(48,49)50)16-27(12-22)39(51,52)53)18-32(8-20)65-35(62)23-13-28(40(54,55)56)17-29(14-23)41(57,58)59/h1-18H/b2-1+. The normalized spacial score (nSPS) is 12.9. The van der Waals surface area contributed by atoms with Crippen LogP contribution in [-0.2, 0) is 37.1 Å². The number of ether oxygens (including phenoxy) is 3. The summed E-state index contributed by atoms with van der Waals surface area (Å²) in [6.07, 6.45) is -30.1. The zero-order valence-corrected chi connectivity index (χ0v) is 31.1. The van der Waals surface area contributed by atoms with Crippen LogP contribution in [0.1, 0.15) is 75.6 Å². The maximum Gasteiger partial charge on any atom is 0.416 e. The highest BCUT2D eigenvalue weighted by Crippen LogP contribution is 2.40. The summed E-state index contributed by atoms with van der Waals surface area (Å²) in [5.74, 6) is -7.49. The minimum atomic E-state index is -5.42. The molecule has 0 aliphatic carbocycles. The molecule has 5 aromatic rings. The molecule has 0 bridgehead atoms. The first-order valence-electron chi connectivity index (χ1n) is 17.1. The summed E-state index contributed by atoms with van der Waals surface area (Å²) in [6.45, 7) is 0. The van der Waals surface area contributed by atoms with Crippen molar-refractivity contribution in [2.45, 2.75) is 37.1 Å². The van der Waals surface area contributed by atoms with E-state index in [4.69, 9.17) is 14.2 Å². The monoisotopic (exact) mass is 948 g/mol. The molecule has 0 saturated carbocycles. The van der Waals surface area contributed by atoms with Gasteiger partial charge in [-0.1, -0.05) is 24.3 Å². The zero-order valence-electron chi connectivity index (χ0n) is 31.1. The van der Waals surface area contributed by atoms with E-state index in [1.54, 1.807) is 0 Å². The van der Waals surface area contributed by atoms with Gasteiger partial charge in [-0.25, -0.2) is 14.4 Å². The van der Waals surface area contributed by atoms with Crippen molar-refractivity contribution in [3.8, 4) is 17.2 Å². The Morgan fingerprint density at radius 2 is 0.554 bits per heavy atom. The van der Waals surface area contributed by atoms with Crippen LogP contribution >= 0.6 is 0 Å². The Labute approximate surface area is 350 Å².